The van der Waals surface area contributed by atoms with Gasteiger partial charge >= 0.3 is 0 Å². The van der Waals surface area contributed by atoms with Crippen LogP contribution in [0.1, 0.15) is 51.7 Å². The lowest BCUT2D eigenvalue weighted by atomic mass is 9.90. The lowest BCUT2D eigenvalue weighted by molar-refractivity contribution is -0.0395. The topological polar surface area (TPSA) is 94.8 Å². The number of hydrogen-bond acceptors (Lipinski definition) is 9. The number of nitrogens with zero attached hydrogens (tertiary/aromatic N) is 5. The summed E-state index contributed by atoms with van der Waals surface area (Å²) in [6, 6.07) is 0. The molecule has 0 bridgehead atoms. The number of pyridine rings is 1. The van der Waals surface area contributed by atoms with Crippen LogP contribution in [-0.4, -0.2) is 69.2 Å². The summed E-state index contributed by atoms with van der Waals surface area (Å²) in [6.45, 7) is 11.2. The average molecular weight is 472 g/mol. The molecule has 0 amide bonds. The maximum Gasteiger partial charge on any atom is 0.150 e. The van der Waals surface area contributed by atoms with Crippen molar-refractivity contribution >= 4 is 43.4 Å². The van der Waals surface area contributed by atoms with Gasteiger partial charge in [-0.1, -0.05) is 0 Å². The van der Waals surface area contributed by atoms with Gasteiger partial charge in [0.2, 0.25) is 0 Å². The summed E-state index contributed by atoms with van der Waals surface area (Å²) in [6.07, 6.45) is 3.68. The Balaban J connectivity index is 1.74. The van der Waals surface area contributed by atoms with Gasteiger partial charge in [0, 0.05) is 43.5 Å². The number of ether oxygens (including phenoxy) is 1. The predicted molar refractivity (Wildman–Crippen MR) is 132 cm³/mol. The molecule has 178 valence electrons. The monoisotopic (exact) mass is 471 g/mol. The van der Waals surface area contributed by atoms with Gasteiger partial charge in [0.15, 0.2) is 0 Å². The maximum atomic E-state index is 10.1. The average Bonchev–Trinajstić information content (AvgIpc) is 3.38. The molecule has 33 heavy (non-hydrogen) atoms. The molecule has 1 fully saturated rings. The SMILES string of the molecule is CC(O)CN(CC(C)O)c1ncnc2c1sc1nc(N3CCCC3)c3c(c12)CC(C)(C)OC3. The Hall–Kier alpha value is -2.07. The second-order valence-electron chi connectivity index (χ2n) is 10.1. The molecule has 2 atom stereocenters. The van der Waals surface area contributed by atoms with E-state index in [-0.39, 0.29) is 5.60 Å². The van der Waals surface area contributed by atoms with Crippen molar-refractivity contribution in [3.05, 3.63) is 17.5 Å². The van der Waals surface area contributed by atoms with Gasteiger partial charge < -0.3 is 24.7 Å². The summed E-state index contributed by atoms with van der Waals surface area (Å²) >= 11 is 1.61. The van der Waals surface area contributed by atoms with E-state index in [1.807, 2.05) is 4.90 Å². The molecule has 0 radical (unpaired) electrons. The van der Waals surface area contributed by atoms with Crippen molar-refractivity contribution in [1.82, 2.24) is 15.0 Å². The minimum Gasteiger partial charge on any atom is -0.392 e. The lowest BCUT2D eigenvalue weighted by Gasteiger charge is -2.34. The Morgan fingerprint density at radius 2 is 1.82 bits per heavy atom. The normalized spacial score (nSPS) is 19.8. The van der Waals surface area contributed by atoms with E-state index in [1.165, 1.54) is 24.0 Å². The molecule has 3 aromatic rings. The van der Waals surface area contributed by atoms with Crippen LogP contribution in [0, 0.1) is 0 Å². The van der Waals surface area contributed by atoms with E-state index >= 15 is 0 Å². The van der Waals surface area contributed by atoms with Crippen LogP contribution in [0.4, 0.5) is 11.6 Å². The Kier molecular flexibility index (Phi) is 5.93. The quantitative estimate of drug-likeness (QED) is 0.566. The van der Waals surface area contributed by atoms with Crippen LogP contribution in [-0.2, 0) is 17.8 Å². The van der Waals surface area contributed by atoms with Crippen molar-refractivity contribution in [2.24, 2.45) is 0 Å². The smallest absolute Gasteiger partial charge is 0.150 e. The number of anilines is 2. The van der Waals surface area contributed by atoms with Crippen LogP contribution in [0.15, 0.2) is 6.33 Å². The first-order valence-electron chi connectivity index (χ1n) is 11.8. The van der Waals surface area contributed by atoms with E-state index in [0.29, 0.717) is 19.7 Å². The zero-order chi connectivity index (χ0) is 23.3. The predicted octanol–water partition coefficient (Wildman–Crippen LogP) is 3.26. The highest BCUT2D eigenvalue weighted by Crippen LogP contribution is 2.44. The van der Waals surface area contributed by atoms with Crippen molar-refractivity contribution in [3.63, 3.8) is 0 Å². The van der Waals surface area contributed by atoms with Crippen molar-refractivity contribution in [1.29, 1.82) is 0 Å². The second kappa shape index (κ2) is 8.61. The summed E-state index contributed by atoms with van der Waals surface area (Å²) < 4.78 is 7.17. The zero-order valence-corrected chi connectivity index (χ0v) is 20.7. The van der Waals surface area contributed by atoms with E-state index in [0.717, 1.165) is 51.6 Å². The first kappa shape index (κ1) is 22.7. The molecule has 2 N–H and O–H groups in total. The van der Waals surface area contributed by atoms with Crippen LogP contribution >= 0.6 is 11.3 Å². The molecular weight excluding hydrogens is 438 g/mol. The first-order valence-corrected chi connectivity index (χ1v) is 12.6. The third-order valence-corrected chi connectivity index (χ3v) is 7.53. The first-order chi connectivity index (χ1) is 15.7. The van der Waals surface area contributed by atoms with Gasteiger partial charge in [0.1, 0.15) is 22.8 Å². The Morgan fingerprint density at radius 1 is 1.12 bits per heavy atom. The number of rotatable bonds is 6. The Labute approximate surface area is 198 Å². The van der Waals surface area contributed by atoms with E-state index < -0.39 is 12.2 Å². The highest BCUT2D eigenvalue weighted by atomic mass is 32.1. The molecule has 0 spiro atoms. The third-order valence-electron chi connectivity index (χ3n) is 6.46. The van der Waals surface area contributed by atoms with Gasteiger partial charge in [-0.25, -0.2) is 15.0 Å². The molecule has 2 aliphatic rings. The summed E-state index contributed by atoms with van der Waals surface area (Å²) in [5, 5.41) is 21.3. The van der Waals surface area contributed by atoms with Crippen molar-refractivity contribution in [3.8, 4) is 0 Å². The molecule has 1 saturated heterocycles. The van der Waals surface area contributed by atoms with Crippen molar-refractivity contribution < 1.29 is 14.9 Å². The number of hydrogen-bond donors (Lipinski definition) is 2. The van der Waals surface area contributed by atoms with Crippen LogP contribution in [0.5, 0.6) is 0 Å². The molecule has 0 aliphatic carbocycles. The molecule has 0 saturated carbocycles. The molecule has 2 aliphatic heterocycles. The highest BCUT2D eigenvalue weighted by molar-refractivity contribution is 7.26. The molecule has 2 unspecified atom stereocenters. The standard InChI is InChI=1S/C24H33N5O3S/c1-14(30)10-29(11-15(2)31)22-20-19(25-13-26-22)18-16-9-24(3,4)32-12-17(16)21(27-23(18)33-20)28-7-5-6-8-28/h13-15,30-31H,5-12H2,1-4H3. The van der Waals surface area contributed by atoms with Gasteiger partial charge in [-0.15, -0.1) is 11.3 Å². The van der Waals surface area contributed by atoms with Gasteiger partial charge in [-0.3, -0.25) is 0 Å². The zero-order valence-electron chi connectivity index (χ0n) is 19.8. The molecular formula is C24H33N5O3S. The van der Waals surface area contributed by atoms with Gasteiger partial charge in [-0.05, 0) is 46.1 Å². The number of fused-ring (bicyclic) bond motifs is 5. The van der Waals surface area contributed by atoms with Crippen LogP contribution in [0.3, 0.4) is 0 Å². The summed E-state index contributed by atoms with van der Waals surface area (Å²) in [7, 11) is 0. The van der Waals surface area contributed by atoms with E-state index in [2.05, 4.69) is 23.7 Å². The fourth-order valence-electron chi connectivity index (χ4n) is 5.08. The number of aliphatic hydroxyl groups is 2. The molecule has 0 aromatic carbocycles. The van der Waals surface area contributed by atoms with Gasteiger partial charge in [0.25, 0.3) is 0 Å². The van der Waals surface area contributed by atoms with Crippen LogP contribution in [0.2, 0.25) is 0 Å². The number of thiophene rings is 1. The van der Waals surface area contributed by atoms with Gasteiger partial charge in [-0.2, -0.15) is 0 Å². The van der Waals surface area contributed by atoms with Gasteiger partial charge in [0.05, 0.1) is 34.6 Å². The van der Waals surface area contributed by atoms with Crippen LogP contribution in [0.25, 0.3) is 20.4 Å². The molecule has 5 rings (SSSR count). The van der Waals surface area contributed by atoms with E-state index in [1.54, 1.807) is 31.5 Å². The summed E-state index contributed by atoms with van der Waals surface area (Å²) in [5.41, 5.74) is 3.12. The molecule has 3 aromatic heterocycles. The number of aliphatic hydroxyl groups excluding tert-OH is 2. The van der Waals surface area contributed by atoms with Crippen molar-refractivity contribution in [2.75, 3.05) is 36.0 Å². The van der Waals surface area contributed by atoms with E-state index in [9.17, 15) is 10.2 Å². The highest BCUT2D eigenvalue weighted by Gasteiger charge is 2.34. The lowest BCUT2D eigenvalue weighted by Crippen LogP contribution is -2.37. The minimum absolute atomic E-state index is 0.252. The maximum absolute atomic E-state index is 10.1. The van der Waals surface area contributed by atoms with E-state index in [4.69, 9.17) is 14.7 Å². The minimum atomic E-state index is -0.547. The summed E-state index contributed by atoms with van der Waals surface area (Å²) in [5.74, 6) is 1.80. The molecule has 8 nitrogen and oxygen atoms in total. The molecule has 9 heteroatoms. The molecule has 5 heterocycles. The second-order valence-corrected chi connectivity index (χ2v) is 11.1. The Bertz CT molecular complexity index is 1160. The Morgan fingerprint density at radius 3 is 2.48 bits per heavy atom. The fraction of sp³-hybridized carbons (Fsp3) is 0.625. The van der Waals surface area contributed by atoms with Crippen LogP contribution < -0.4 is 9.80 Å². The number of aromatic nitrogens is 3. The summed E-state index contributed by atoms with van der Waals surface area (Å²) in [4.78, 5) is 19.8. The van der Waals surface area contributed by atoms with Crippen molar-refractivity contribution in [2.45, 2.75) is 71.4 Å². The fourth-order valence-corrected chi connectivity index (χ4v) is 6.25. The largest absolute Gasteiger partial charge is 0.392 e. The third kappa shape index (κ3) is 4.27.